The first-order valence-electron chi connectivity index (χ1n) is 9.05. The number of halogens is 3. The van der Waals surface area contributed by atoms with Crippen molar-refractivity contribution in [2.45, 2.75) is 18.8 Å². The summed E-state index contributed by atoms with van der Waals surface area (Å²) >= 11 is 0. The lowest BCUT2D eigenvalue weighted by Gasteiger charge is -2.20. The van der Waals surface area contributed by atoms with Gasteiger partial charge < -0.3 is 10.0 Å². The van der Waals surface area contributed by atoms with Gasteiger partial charge in [0.15, 0.2) is 11.6 Å². The molecule has 0 amide bonds. The zero-order valence-corrected chi connectivity index (χ0v) is 15.8. The van der Waals surface area contributed by atoms with Crippen molar-refractivity contribution >= 4 is 16.7 Å². The van der Waals surface area contributed by atoms with Gasteiger partial charge in [0, 0.05) is 13.2 Å². The Morgan fingerprint density at radius 2 is 1.87 bits per heavy atom. The SMILES string of the molecule is CN(Cc1ccccn1)c1cc(-c2cccc(C(O)C(F)(F)F)c2)cc2nonc12. The lowest BCUT2D eigenvalue weighted by Crippen LogP contribution is -2.20. The number of pyridine rings is 1. The number of alkyl halides is 3. The largest absolute Gasteiger partial charge is 0.418 e. The van der Waals surface area contributed by atoms with Crippen molar-refractivity contribution in [1.82, 2.24) is 15.3 Å². The van der Waals surface area contributed by atoms with Gasteiger partial charge in [0.1, 0.15) is 5.52 Å². The highest BCUT2D eigenvalue weighted by atomic mass is 19.4. The minimum atomic E-state index is -4.74. The van der Waals surface area contributed by atoms with Crippen molar-refractivity contribution in [1.29, 1.82) is 0 Å². The van der Waals surface area contributed by atoms with Gasteiger partial charge in [-0.25, -0.2) is 4.63 Å². The van der Waals surface area contributed by atoms with Gasteiger partial charge in [-0.05, 0) is 57.3 Å². The fraction of sp³-hybridized carbons (Fsp3) is 0.190. The van der Waals surface area contributed by atoms with Crippen LogP contribution in [0.5, 0.6) is 0 Å². The lowest BCUT2D eigenvalue weighted by atomic mass is 9.99. The third-order valence-electron chi connectivity index (χ3n) is 4.72. The summed E-state index contributed by atoms with van der Waals surface area (Å²) in [5, 5.41) is 17.4. The molecule has 4 aromatic rings. The van der Waals surface area contributed by atoms with Gasteiger partial charge in [-0.15, -0.1) is 0 Å². The molecule has 1 unspecified atom stereocenters. The Kier molecular flexibility index (Phi) is 5.13. The van der Waals surface area contributed by atoms with Crippen molar-refractivity contribution in [3.8, 4) is 11.1 Å². The quantitative estimate of drug-likeness (QED) is 0.518. The topological polar surface area (TPSA) is 75.3 Å². The Morgan fingerprint density at radius 3 is 2.60 bits per heavy atom. The van der Waals surface area contributed by atoms with Crippen LogP contribution in [0.25, 0.3) is 22.2 Å². The van der Waals surface area contributed by atoms with E-state index in [1.807, 2.05) is 30.1 Å². The normalized spacial score (nSPS) is 12.8. The lowest BCUT2D eigenvalue weighted by molar-refractivity contribution is -0.206. The molecule has 2 aromatic heterocycles. The predicted octanol–water partition coefficient (Wildman–Crippen LogP) is 4.52. The maximum atomic E-state index is 12.9. The van der Waals surface area contributed by atoms with Crippen molar-refractivity contribution in [2.75, 3.05) is 11.9 Å². The molecule has 9 heteroatoms. The summed E-state index contributed by atoms with van der Waals surface area (Å²) in [5.74, 6) is 0. The number of benzene rings is 2. The summed E-state index contributed by atoms with van der Waals surface area (Å²) in [4.78, 5) is 6.22. The average molecular weight is 414 g/mol. The Bertz CT molecular complexity index is 1160. The number of anilines is 1. The van der Waals surface area contributed by atoms with Crippen LogP contribution in [-0.4, -0.2) is 33.6 Å². The summed E-state index contributed by atoms with van der Waals surface area (Å²) in [6, 6.07) is 14.8. The van der Waals surface area contributed by atoms with Gasteiger partial charge in [-0.2, -0.15) is 13.2 Å². The van der Waals surface area contributed by atoms with Gasteiger partial charge in [0.05, 0.1) is 17.9 Å². The molecular formula is C21H17F3N4O2. The van der Waals surface area contributed by atoms with Gasteiger partial charge in [-0.3, -0.25) is 4.98 Å². The highest BCUT2D eigenvalue weighted by molar-refractivity contribution is 5.92. The molecule has 0 aliphatic rings. The molecule has 2 aromatic carbocycles. The number of rotatable bonds is 5. The van der Waals surface area contributed by atoms with Crippen LogP contribution in [-0.2, 0) is 6.54 Å². The van der Waals surface area contributed by atoms with E-state index in [4.69, 9.17) is 4.63 Å². The highest BCUT2D eigenvalue weighted by Crippen LogP contribution is 2.36. The molecule has 0 bridgehead atoms. The zero-order valence-electron chi connectivity index (χ0n) is 15.8. The molecule has 0 spiro atoms. The van der Waals surface area contributed by atoms with E-state index in [0.717, 1.165) is 5.69 Å². The maximum absolute atomic E-state index is 12.9. The van der Waals surface area contributed by atoms with Crippen LogP contribution in [0.2, 0.25) is 0 Å². The highest BCUT2D eigenvalue weighted by Gasteiger charge is 2.39. The molecule has 30 heavy (non-hydrogen) atoms. The second-order valence-corrected chi connectivity index (χ2v) is 6.87. The summed E-state index contributed by atoms with van der Waals surface area (Å²) in [6.45, 7) is 0.485. The first-order chi connectivity index (χ1) is 14.3. The third kappa shape index (κ3) is 3.97. The molecule has 2 heterocycles. The van der Waals surface area contributed by atoms with Crippen LogP contribution in [0, 0.1) is 0 Å². The monoisotopic (exact) mass is 414 g/mol. The number of aromatic nitrogens is 3. The van der Waals surface area contributed by atoms with Crippen molar-refractivity contribution in [3.05, 3.63) is 72.1 Å². The molecule has 0 aliphatic heterocycles. The average Bonchev–Trinajstić information content (AvgIpc) is 3.21. The molecular weight excluding hydrogens is 397 g/mol. The van der Waals surface area contributed by atoms with Gasteiger partial charge >= 0.3 is 6.18 Å². The van der Waals surface area contributed by atoms with Crippen molar-refractivity contribution < 1.29 is 22.9 Å². The molecule has 0 saturated heterocycles. The predicted molar refractivity (Wildman–Crippen MR) is 105 cm³/mol. The van der Waals surface area contributed by atoms with Crippen LogP contribution < -0.4 is 4.90 Å². The van der Waals surface area contributed by atoms with Gasteiger partial charge in [-0.1, -0.05) is 24.3 Å². The van der Waals surface area contributed by atoms with Crippen LogP contribution in [0.4, 0.5) is 18.9 Å². The molecule has 0 saturated carbocycles. The van der Waals surface area contributed by atoms with E-state index >= 15 is 0 Å². The number of aliphatic hydroxyl groups is 1. The molecule has 1 atom stereocenters. The van der Waals surface area contributed by atoms with Crippen molar-refractivity contribution in [2.24, 2.45) is 0 Å². The van der Waals surface area contributed by atoms with E-state index in [2.05, 4.69) is 15.3 Å². The zero-order chi connectivity index (χ0) is 21.3. The summed E-state index contributed by atoms with van der Waals surface area (Å²) < 4.78 is 43.6. The van der Waals surface area contributed by atoms with Crippen molar-refractivity contribution in [3.63, 3.8) is 0 Å². The molecule has 154 valence electrons. The molecule has 4 rings (SSSR count). The summed E-state index contributed by atoms with van der Waals surface area (Å²) in [7, 11) is 1.85. The smallest absolute Gasteiger partial charge is 0.379 e. The number of hydrogen-bond acceptors (Lipinski definition) is 6. The third-order valence-corrected chi connectivity index (χ3v) is 4.72. The van der Waals surface area contributed by atoms with Crippen LogP contribution >= 0.6 is 0 Å². The Morgan fingerprint density at radius 1 is 1.03 bits per heavy atom. The molecule has 0 aliphatic carbocycles. The first kappa shape index (κ1) is 19.8. The first-order valence-corrected chi connectivity index (χ1v) is 9.05. The number of hydrogen-bond donors (Lipinski definition) is 1. The molecule has 0 fully saturated rings. The van der Waals surface area contributed by atoms with Crippen LogP contribution in [0.3, 0.4) is 0 Å². The van der Waals surface area contributed by atoms with E-state index in [1.54, 1.807) is 24.4 Å². The maximum Gasteiger partial charge on any atom is 0.418 e. The van der Waals surface area contributed by atoms with Gasteiger partial charge in [0.2, 0.25) is 0 Å². The summed E-state index contributed by atoms with van der Waals surface area (Å²) in [5.41, 5.74) is 3.43. The van der Waals surface area contributed by atoms with E-state index < -0.39 is 12.3 Å². The summed E-state index contributed by atoms with van der Waals surface area (Å²) in [6.07, 6.45) is -5.60. The second-order valence-electron chi connectivity index (χ2n) is 6.87. The van der Waals surface area contributed by atoms with Crippen LogP contribution in [0.1, 0.15) is 17.4 Å². The van der Waals surface area contributed by atoms with E-state index in [1.165, 1.54) is 18.2 Å². The fourth-order valence-corrected chi connectivity index (χ4v) is 3.23. The van der Waals surface area contributed by atoms with Crippen LogP contribution in [0.15, 0.2) is 65.4 Å². The second kappa shape index (κ2) is 7.75. The van der Waals surface area contributed by atoms with Gasteiger partial charge in [0.25, 0.3) is 0 Å². The van der Waals surface area contributed by atoms with E-state index in [-0.39, 0.29) is 5.56 Å². The van der Waals surface area contributed by atoms with E-state index in [0.29, 0.717) is 34.4 Å². The Hall–Kier alpha value is -3.46. The molecule has 0 radical (unpaired) electrons. The van der Waals surface area contributed by atoms with E-state index in [9.17, 15) is 18.3 Å². The number of aliphatic hydroxyl groups excluding tert-OH is 1. The fourth-order valence-electron chi connectivity index (χ4n) is 3.23. The Labute approximate surface area is 169 Å². The number of nitrogens with zero attached hydrogens (tertiary/aromatic N) is 4. The standard InChI is InChI=1S/C21H17F3N4O2/c1-28(12-16-7-2-3-8-25-16)18-11-15(10-17-19(18)27-30-26-17)13-5-4-6-14(9-13)20(29)21(22,23)24/h2-11,20,29H,12H2,1H3. The molecule has 1 N–H and O–H groups in total. The minimum absolute atomic E-state index is 0.234. The molecule has 6 nitrogen and oxygen atoms in total. The number of fused-ring (bicyclic) bond motifs is 1. The Balaban J connectivity index is 1.74. The minimum Gasteiger partial charge on any atom is -0.379 e.